The molecular formula is C12H19O4PS2. The summed E-state index contributed by atoms with van der Waals surface area (Å²) in [4.78, 5) is 12.2. The SMILES string of the molecule is CCOC(=O)C1(CSP(=S)(OC)OC)C=CC=CC1. The van der Waals surface area contributed by atoms with Crippen LogP contribution in [0, 0.1) is 5.41 Å². The number of carbonyl (C=O) groups excluding carboxylic acids is 1. The standard InChI is InChI=1S/C12H19O4PS2/c1-4-16-11(13)12(8-6-5-7-9-12)10-19-17(18,14-2)15-3/h5-8H,4,9-10H2,1-3H3. The minimum Gasteiger partial charge on any atom is -0.465 e. The number of carbonyl (C=O) groups is 1. The largest absolute Gasteiger partial charge is 0.465 e. The highest BCUT2D eigenvalue weighted by molar-refractivity contribution is 8.67. The lowest BCUT2D eigenvalue weighted by Crippen LogP contribution is -2.34. The van der Waals surface area contributed by atoms with E-state index in [0.29, 0.717) is 18.8 Å². The molecule has 1 aliphatic carbocycles. The smallest absolute Gasteiger partial charge is 0.317 e. The summed E-state index contributed by atoms with van der Waals surface area (Å²) >= 11 is 6.69. The molecule has 0 spiro atoms. The average Bonchev–Trinajstić information content (AvgIpc) is 2.46. The molecule has 0 bridgehead atoms. The molecule has 0 heterocycles. The summed E-state index contributed by atoms with van der Waals surface area (Å²) in [6.07, 6.45) is 8.23. The van der Waals surface area contributed by atoms with Crippen LogP contribution in [0.1, 0.15) is 13.3 Å². The van der Waals surface area contributed by atoms with Crippen molar-refractivity contribution in [1.29, 1.82) is 0 Å². The van der Waals surface area contributed by atoms with Crippen molar-refractivity contribution in [2.24, 2.45) is 5.41 Å². The van der Waals surface area contributed by atoms with Gasteiger partial charge in [0.05, 0.1) is 12.0 Å². The van der Waals surface area contributed by atoms with Crippen LogP contribution in [-0.4, -0.2) is 32.5 Å². The van der Waals surface area contributed by atoms with Gasteiger partial charge in [-0.05, 0) is 25.2 Å². The van der Waals surface area contributed by atoms with Crippen LogP contribution in [-0.2, 0) is 30.4 Å². The molecule has 1 atom stereocenters. The lowest BCUT2D eigenvalue weighted by Gasteiger charge is -2.30. The number of hydrogen-bond donors (Lipinski definition) is 0. The maximum absolute atomic E-state index is 12.2. The molecule has 0 radical (unpaired) electrons. The molecule has 0 saturated carbocycles. The van der Waals surface area contributed by atoms with E-state index >= 15 is 0 Å². The van der Waals surface area contributed by atoms with E-state index in [1.54, 1.807) is 6.92 Å². The molecular weight excluding hydrogens is 303 g/mol. The quantitative estimate of drug-likeness (QED) is 0.529. The molecule has 1 unspecified atom stereocenters. The molecule has 0 fully saturated rings. The van der Waals surface area contributed by atoms with E-state index in [9.17, 15) is 4.79 Å². The fourth-order valence-electron chi connectivity index (χ4n) is 1.63. The van der Waals surface area contributed by atoms with E-state index in [2.05, 4.69) is 0 Å². The van der Waals surface area contributed by atoms with Gasteiger partial charge < -0.3 is 13.8 Å². The molecule has 0 aromatic heterocycles. The Kier molecular flexibility index (Phi) is 6.77. The molecule has 0 aliphatic heterocycles. The Morgan fingerprint density at radius 2 is 2.11 bits per heavy atom. The Hall–Kier alpha value is -0.130. The van der Waals surface area contributed by atoms with Gasteiger partial charge in [0.2, 0.25) is 5.69 Å². The van der Waals surface area contributed by atoms with Crippen molar-refractivity contribution in [2.75, 3.05) is 26.6 Å². The van der Waals surface area contributed by atoms with Gasteiger partial charge in [0.15, 0.2) is 0 Å². The zero-order chi connectivity index (χ0) is 14.4. The third-order valence-electron chi connectivity index (χ3n) is 2.75. The number of esters is 1. The van der Waals surface area contributed by atoms with Gasteiger partial charge >= 0.3 is 5.97 Å². The van der Waals surface area contributed by atoms with Gasteiger partial charge in [-0.3, -0.25) is 4.79 Å². The van der Waals surface area contributed by atoms with Gasteiger partial charge in [-0.2, -0.15) is 0 Å². The van der Waals surface area contributed by atoms with Gasteiger partial charge in [0.25, 0.3) is 0 Å². The third kappa shape index (κ3) is 4.43. The molecule has 4 nitrogen and oxygen atoms in total. The second-order valence-corrected chi connectivity index (χ2v) is 10.5. The Bertz CT molecular complexity index is 414. The maximum atomic E-state index is 12.2. The van der Waals surface area contributed by atoms with Crippen molar-refractivity contribution in [3.63, 3.8) is 0 Å². The van der Waals surface area contributed by atoms with Crippen molar-refractivity contribution in [3.05, 3.63) is 24.3 Å². The lowest BCUT2D eigenvalue weighted by atomic mass is 9.83. The summed E-state index contributed by atoms with van der Waals surface area (Å²) in [7, 11) is 3.07. The molecule has 7 heteroatoms. The fourth-order valence-corrected chi connectivity index (χ4v) is 4.98. The number of allylic oxidation sites excluding steroid dienone is 3. The second-order valence-electron chi connectivity index (χ2n) is 3.95. The number of rotatable bonds is 7. The summed E-state index contributed by atoms with van der Waals surface area (Å²) in [5.74, 6) is 0.267. The molecule has 0 aromatic rings. The van der Waals surface area contributed by atoms with E-state index in [1.807, 2.05) is 24.3 Å². The highest BCUT2D eigenvalue weighted by Crippen LogP contribution is 2.61. The molecule has 19 heavy (non-hydrogen) atoms. The summed E-state index contributed by atoms with van der Waals surface area (Å²) < 4.78 is 15.6. The van der Waals surface area contributed by atoms with Crippen molar-refractivity contribution < 1.29 is 18.6 Å². The van der Waals surface area contributed by atoms with Crippen molar-refractivity contribution in [2.45, 2.75) is 13.3 Å². The topological polar surface area (TPSA) is 44.8 Å². The Morgan fingerprint density at radius 3 is 2.58 bits per heavy atom. The molecule has 1 aliphatic rings. The molecule has 0 amide bonds. The van der Waals surface area contributed by atoms with Crippen LogP contribution in [0.3, 0.4) is 0 Å². The first-order chi connectivity index (χ1) is 9.02. The van der Waals surface area contributed by atoms with E-state index in [0.717, 1.165) is 0 Å². The lowest BCUT2D eigenvalue weighted by molar-refractivity contribution is -0.151. The second kappa shape index (κ2) is 7.60. The fraction of sp³-hybridized carbons (Fsp3) is 0.583. The number of ether oxygens (including phenoxy) is 1. The van der Waals surface area contributed by atoms with E-state index in [1.165, 1.54) is 25.6 Å². The first-order valence-corrected chi connectivity index (χ1v) is 10.1. The Labute approximate surface area is 123 Å². The Balaban J connectivity index is 2.82. The minimum absolute atomic E-state index is 0.225. The van der Waals surface area contributed by atoms with Crippen LogP contribution in [0.15, 0.2) is 24.3 Å². The van der Waals surface area contributed by atoms with E-state index in [4.69, 9.17) is 25.6 Å². The normalized spacial score (nSPS) is 22.5. The van der Waals surface area contributed by atoms with Crippen LogP contribution in [0.5, 0.6) is 0 Å². The maximum Gasteiger partial charge on any atom is 0.317 e. The number of hydrogen-bond acceptors (Lipinski definition) is 6. The summed E-state index contributed by atoms with van der Waals surface area (Å²) in [5.41, 5.74) is -3.03. The zero-order valence-corrected chi connectivity index (χ0v) is 13.9. The first-order valence-electron chi connectivity index (χ1n) is 5.89. The van der Waals surface area contributed by atoms with Crippen molar-refractivity contribution in [1.82, 2.24) is 0 Å². The molecule has 1 rings (SSSR count). The van der Waals surface area contributed by atoms with Gasteiger partial charge in [0, 0.05) is 20.0 Å². The van der Waals surface area contributed by atoms with Crippen LogP contribution >= 0.6 is 17.1 Å². The molecule has 108 valence electrons. The van der Waals surface area contributed by atoms with Crippen molar-refractivity contribution in [3.8, 4) is 0 Å². The Morgan fingerprint density at radius 1 is 1.42 bits per heavy atom. The van der Waals surface area contributed by atoms with Crippen LogP contribution in [0.25, 0.3) is 0 Å². The zero-order valence-electron chi connectivity index (χ0n) is 11.3. The third-order valence-corrected chi connectivity index (χ3v) is 8.68. The summed E-state index contributed by atoms with van der Waals surface area (Å²) in [5, 5.41) is 0. The minimum atomic E-state index is -2.36. The van der Waals surface area contributed by atoms with E-state index in [-0.39, 0.29) is 5.97 Å². The molecule has 0 N–H and O–H groups in total. The van der Waals surface area contributed by atoms with Crippen LogP contribution in [0.4, 0.5) is 0 Å². The summed E-state index contributed by atoms with van der Waals surface area (Å²) in [6.45, 7) is 2.17. The predicted octanol–water partition coefficient (Wildman–Crippen LogP) is 3.30. The monoisotopic (exact) mass is 322 g/mol. The van der Waals surface area contributed by atoms with E-state index < -0.39 is 11.1 Å². The van der Waals surface area contributed by atoms with Crippen LogP contribution in [0.2, 0.25) is 0 Å². The van der Waals surface area contributed by atoms with Crippen LogP contribution < -0.4 is 0 Å². The summed E-state index contributed by atoms with van der Waals surface area (Å²) in [6, 6.07) is 0. The highest BCUT2D eigenvalue weighted by atomic mass is 32.9. The van der Waals surface area contributed by atoms with Gasteiger partial charge in [-0.25, -0.2) is 0 Å². The first kappa shape index (κ1) is 16.9. The molecule has 0 saturated heterocycles. The molecule has 0 aromatic carbocycles. The highest BCUT2D eigenvalue weighted by Gasteiger charge is 2.39. The predicted molar refractivity (Wildman–Crippen MR) is 82.7 cm³/mol. The van der Waals surface area contributed by atoms with Gasteiger partial charge in [-0.15, -0.1) is 0 Å². The van der Waals surface area contributed by atoms with Gasteiger partial charge in [0.1, 0.15) is 0 Å². The van der Waals surface area contributed by atoms with Gasteiger partial charge in [-0.1, -0.05) is 35.7 Å². The van der Waals surface area contributed by atoms with Crippen molar-refractivity contribution >= 4 is 34.9 Å². The average molecular weight is 322 g/mol.